The minimum absolute atomic E-state index is 0. The Hall–Kier alpha value is -5.77. The van der Waals surface area contributed by atoms with Crippen LogP contribution < -0.4 is 4.74 Å². The molecule has 5 nitrogen and oxygen atoms in total. The maximum atomic E-state index is 6.57. The molecule has 10 aromatic rings. The number of pyridine rings is 2. The second-order valence-corrected chi connectivity index (χ2v) is 12.5. The first-order chi connectivity index (χ1) is 24.1. The van der Waals surface area contributed by atoms with Gasteiger partial charge in [0.1, 0.15) is 0 Å². The van der Waals surface area contributed by atoms with Gasteiger partial charge in [0.2, 0.25) is 0 Å². The molecule has 0 aliphatic rings. The Kier molecular flexibility index (Phi) is 7.08. The third kappa shape index (κ3) is 4.50. The van der Waals surface area contributed by atoms with E-state index in [9.17, 15) is 0 Å². The molecule has 0 N–H and O–H groups in total. The van der Waals surface area contributed by atoms with Crippen LogP contribution in [-0.2, 0) is 21.1 Å². The summed E-state index contributed by atoms with van der Waals surface area (Å²) >= 11 is 0. The standard InChI is InChI=1S/C44H28N4O.Pt/c1-27-28(2)47-39-19-11-9-17-35(39)33-23-21-31(25-37(33)43(47)45-27)49-32-22-24-34-36-18-10-12-20-40(36)48-42(30-15-7-4-8-16-30)41(29-13-5-3-6-14-29)46-44(48)38(34)26-32;/h3-24H,1-2H3;/q-2;+2. The van der Waals surface area contributed by atoms with Crippen LogP contribution in [0.2, 0.25) is 0 Å². The molecule has 4 heterocycles. The minimum Gasteiger partial charge on any atom is -0.497 e. The number of ether oxygens (including phenoxy) is 1. The number of hydrogen-bond acceptors (Lipinski definition) is 3. The number of rotatable bonds is 4. The molecule has 0 saturated heterocycles. The second-order valence-electron chi connectivity index (χ2n) is 12.5. The van der Waals surface area contributed by atoms with E-state index in [1.807, 2.05) is 24.3 Å². The fourth-order valence-corrected chi connectivity index (χ4v) is 7.34. The van der Waals surface area contributed by atoms with Gasteiger partial charge in [-0.05, 0) is 42.3 Å². The van der Waals surface area contributed by atoms with E-state index in [-0.39, 0.29) is 21.1 Å². The zero-order valence-corrected chi connectivity index (χ0v) is 29.5. The van der Waals surface area contributed by atoms with Crippen LogP contribution in [0.15, 0.2) is 133 Å². The maximum Gasteiger partial charge on any atom is 2.00 e. The monoisotopic (exact) mass is 823 g/mol. The Balaban J connectivity index is 0.00000336. The van der Waals surface area contributed by atoms with Crippen LogP contribution in [0.25, 0.3) is 77.2 Å². The summed E-state index contributed by atoms with van der Waals surface area (Å²) in [6.07, 6.45) is 0. The minimum atomic E-state index is 0. The van der Waals surface area contributed by atoms with E-state index >= 15 is 0 Å². The number of hydrogen-bond donors (Lipinski definition) is 0. The van der Waals surface area contributed by atoms with Gasteiger partial charge in [-0.15, -0.1) is 12.1 Å². The normalized spacial score (nSPS) is 11.6. The molecule has 0 amide bonds. The third-order valence-electron chi connectivity index (χ3n) is 9.69. The van der Waals surface area contributed by atoms with Crippen LogP contribution in [0.1, 0.15) is 11.4 Å². The molecule has 0 radical (unpaired) electrons. The summed E-state index contributed by atoms with van der Waals surface area (Å²) in [5.74, 6) is 1.20. The van der Waals surface area contributed by atoms with Crippen molar-refractivity contribution in [1.29, 1.82) is 0 Å². The SMILES string of the molecule is Cc1nc2c3[c-]c(Oc4[c-]c5c(cc4)c4ccccc4n4c(-c6ccccc6)c(-c6ccccc6)nc54)ccc3c3ccccc3n2c1C.[Pt+2]. The van der Waals surface area contributed by atoms with Gasteiger partial charge < -0.3 is 13.5 Å². The average molecular weight is 824 g/mol. The fraction of sp³-hybridized carbons (Fsp3) is 0.0455. The quantitative estimate of drug-likeness (QED) is 0.131. The summed E-state index contributed by atoms with van der Waals surface area (Å²) < 4.78 is 11.1. The van der Waals surface area contributed by atoms with Crippen molar-refractivity contribution in [3.05, 3.63) is 157 Å². The molecule has 6 heteroatoms. The molecule has 240 valence electrons. The summed E-state index contributed by atoms with van der Waals surface area (Å²) in [5.41, 5.74) is 10.2. The first-order valence-corrected chi connectivity index (χ1v) is 16.4. The van der Waals surface area contributed by atoms with Crippen LogP contribution in [0, 0.1) is 26.0 Å². The van der Waals surface area contributed by atoms with Gasteiger partial charge >= 0.3 is 21.1 Å². The van der Waals surface area contributed by atoms with Crippen LogP contribution in [-0.4, -0.2) is 18.8 Å². The number of nitrogens with zero attached hydrogens (tertiary/aromatic N) is 4. The maximum absolute atomic E-state index is 6.57. The van der Waals surface area contributed by atoms with Crippen LogP contribution in [0.5, 0.6) is 11.5 Å². The van der Waals surface area contributed by atoms with Gasteiger partial charge in [-0.2, -0.15) is 0 Å². The molecular formula is C44H28N4OPt. The van der Waals surface area contributed by atoms with Crippen LogP contribution in [0.3, 0.4) is 0 Å². The summed E-state index contributed by atoms with van der Waals surface area (Å²) in [7, 11) is 0. The molecule has 4 aromatic heterocycles. The van der Waals surface area contributed by atoms with E-state index in [0.717, 1.165) is 88.5 Å². The van der Waals surface area contributed by atoms with E-state index in [4.69, 9.17) is 14.7 Å². The summed E-state index contributed by atoms with van der Waals surface area (Å²) in [6.45, 7) is 4.17. The zero-order chi connectivity index (χ0) is 32.6. The Morgan fingerprint density at radius 2 is 1.00 bits per heavy atom. The van der Waals surface area contributed by atoms with E-state index in [0.29, 0.717) is 11.5 Å². The van der Waals surface area contributed by atoms with E-state index in [2.05, 4.69) is 144 Å². The van der Waals surface area contributed by atoms with Gasteiger partial charge in [0.15, 0.2) is 0 Å². The van der Waals surface area contributed by atoms with E-state index in [1.165, 1.54) is 0 Å². The number of aromatic nitrogens is 4. The molecule has 10 rings (SSSR count). The predicted octanol–water partition coefficient (Wildman–Crippen LogP) is 10.9. The Bertz CT molecular complexity index is 2930. The molecular weight excluding hydrogens is 796 g/mol. The van der Waals surface area contributed by atoms with Crippen molar-refractivity contribution in [2.45, 2.75) is 13.8 Å². The van der Waals surface area contributed by atoms with Gasteiger partial charge in [-0.3, -0.25) is 9.97 Å². The molecule has 0 fully saturated rings. The van der Waals surface area contributed by atoms with E-state index in [1.54, 1.807) is 0 Å². The molecule has 0 unspecified atom stereocenters. The van der Waals surface area contributed by atoms with Crippen molar-refractivity contribution in [3.63, 3.8) is 0 Å². The summed E-state index contributed by atoms with van der Waals surface area (Å²) in [4.78, 5) is 10.3. The van der Waals surface area contributed by atoms with E-state index < -0.39 is 0 Å². The number of benzene rings is 6. The fourth-order valence-electron chi connectivity index (χ4n) is 7.34. The van der Waals surface area contributed by atoms with Gasteiger partial charge in [0.05, 0.1) is 22.7 Å². The number of fused-ring (bicyclic) bond motifs is 12. The number of para-hydroxylation sites is 2. The molecule has 6 aromatic carbocycles. The molecule has 0 aliphatic heterocycles. The largest absolute Gasteiger partial charge is 2.00 e. The number of imidazole rings is 2. The molecule has 0 atom stereocenters. The zero-order valence-electron chi connectivity index (χ0n) is 27.2. The Morgan fingerprint density at radius 1 is 0.500 bits per heavy atom. The molecule has 0 bridgehead atoms. The van der Waals surface area contributed by atoms with Crippen LogP contribution >= 0.6 is 0 Å². The van der Waals surface area contributed by atoms with Gasteiger partial charge in [0, 0.05) is 39.5 Å². The van der Waals surface area contributed by atoms with Crippen molar-refractivity contribution in [2.75, 3.05) is 0 Å². The molecule has 0 saturated carbocycles. The predicted molar refractivity (Wildman–Crippen MR) is 198 cm³/mol. The average Bonchev–Trinajstić information content (AvgIpc) is 3.71. The van der Waals surface area contributed by atoms with Gasteiger partial charge in [0.25, 0.3) is 0 Å². The summed E-state index contributed by atoms with van der Waals surface area (Å²) in [5, 5.41) is 6.26. The van der Waals surface area contributed by atoms with Gasteiger partial charge in [-0.25, -0.2) is 0 Å². The smallest absolute Gasteiger partial charge is 0.497 e. The molecule has 0 aliphatic carbocycles. The number of aryl methyl sites for hydroxylation is 2. The molecule has 0 spiro atoms. The molecule has 50 heavy (non-hydrogen) atoms. The first kappa shape index (κ1) is 30.3. The Morgan fingerprint density at radius 3 is 1.60 bits per heavy atom. The van der Waals surface area contributed by atoms with Crippen molar-refractivity contribution < 1.29 is 25.8 Å². The van der Waals surface area contributed by atoms with Gasteiger partial charge in [-0.1, -0.05) is 143 Å². The Labute approximate surface area is 302 Å². The van der Waals surface area contributed by atoms with Crippen molar-refractivity contribution in [3.8, 4) is 34.0 Å². The van der Waals surface area contributed by atoms with Crippen molar-refractivity contribution in [1.82, 2.24) is 18.8 Å². The van der Waals surface area contributed by atoms with Crippen molar-refractivity contribution in [2.24, 2.45) is 0 Å². The summed E-state index contributed by atoms with van der Waals surface area (Å²) in [6, 6.07) is 53.3. The van der Waals surface area contributed by atoms with Crippen molar-refractivity contribution >= 4 is 54.6 Å². The van der Waals surface area contributed by atoms with Crippen LogP contribution in [0.4, 0.5) is 0 Å². The topological polar surface area (TPSA) is 43.8 Å². The second kappa shape index (κ2) is 11.7. The first-order valence-electron chi connectivity index (χ1n) is 16.4. The third-order valence-corrected chi connectivity index (χ3v) is 9.69.